The van der Waals surface area contributed by atoms with E-state index < -0.39 is 0 Å². The average molecular weight is 470 g/mol. The molecule has 1 aliphatic rings. The van der Waals surface area contributed by atoms with Gasteiger partial charge in [0.15, 0.2) is 5.78 Å². The number of carbonyl (C=O) groups excluding carboxylic acids is 1. The predicted molar refractivity (Wildman–Crippen MR) is 119 cm³/mol. The number of carbonyl (C=O) groups is 1. The first-order valence-corrected chi connectivity index (χ1v) is 9.73. The third-order valence-electron chi connectivity index (χ3n) is 5.36. The summed E-state index contributed by atoms with van der Waals surface area (Å²) in [6.45, 7) is 4.94. The van der Waals surface area contributed by atoms with Gasteiger partial charge in [-0.05, 0) is 24.3 Å². The van der Waals surface area contributed by atoms with Crippen LogP contribution in [0.2, 0.25) is 0 Å². The molecule has 0 bridgehead atoms. The molecule has 30 heavy (non-hydrogen) atoms. The van der Waals surface area contributed by atoms with Crippen LogP contribution >= 0.6 is 17.0 Å². The molecule has 1 aliphatic heterocycles. The summed E-state index contributed by atoms with van der Waals surface area (Å²) in [4.78, 5) is 15.1. The second-order valence-corrected chi connectivity index (χ2v) is 7.12. The molecule has 0 saturated carbocycles. The van der Waals surface area contributed by atoms with Gasteiger partial charge in [-0.1, -0.05) is 24.3 Å². The quantitative estimate of drug-likeness (QED) is 0.562. The highest BCUT2D eigenvalue weighted by molar-refractivity contribution is 8.93. The van der Waals surface area contributed by atoms with Crippen molar-refractivity contribution in [3.63, 3.8) is 0 Å². The Morgan fingerprint density at radius 1 is 1.00 bits per heavy atom. The zero-order valence-electron chi connectivity index (χ0n) is 16.6. The number of nitrogens with one attached hydrogen (secondary N) is 1. The van der Waals surface area contributed by atoms with E-state index in [0.29, 0.717) is 23.3 Å². The molecule has 1 saturated heterocycles. The summed E-state index contributed by atoms with van der Waals surface area (Å²) in [5, 5.41) is 17.6. The Morgan fingerprint density at radius 3 is 2.27 bits per heavy atom. The van der Waals surface area contributed by atoms with Crippen molar-refractivity contribution in [2.75, 3.05) is 32.8 Å². The van der Waals surface area contributed by atoms with Crippen LogP contribution in [-0.2, 0) is 17.8 Å². The van der Waals surface area contributed by atoms with E-state index in [1.54, 1.807) is 28.8 Å². The van der Waals surface area contributed by atoms with Crippen molar-refractivity contribution in [3.05, 3.63) is 65.3 Å². The highest BCUT2D eigenvalue weighted by Gasteiger charge is 2.16. The maximum absolute atomic E-state index is 12.8. The SMILES string of the molecule is Br.N#Cc1ccc(C(=O)Cn2c(=N)n(CCN3CCOCC3)c3ccccc32)cc1. The molecule has 4 rings (SSSR count). The highest BCUT2D eigenvalue weighted by Crippen LogP contribution is 2.14. The third-order valence-corrected chi connectivity index (χ3v) is 5.36. The molecule has 0 aliphatic carbocycles. The van der Waals surface area contributed by atoms with Gasteiger partial charge in [0.1, 0.15) is 0 Å². The predicted octanol–water partition coefficient (Wildman–Crippen LogP) is 2.59. The third kappa shape index (κ3) is 4.54. The van der Waals surface area contributed by atoms with Gasteiger partial charge in [-0.25, -0.2) is 0 Å². The Labute approximate surface area is 185 Å². The first-order chi connectivity index (χ1) is 14.2. The van der Waals surface area contributed by atoms with E-state index in [-0.39, 0.29) is 29.3 Å². The summed E-state index contributed by atoms with van der Waals surface area (Å²) in [6, 6.07) is 16.5. The number of benzene rings is 2. The van der Waals surface area contributed by atoms with Crippen LogP contribution in [0.5, 0.6) is 0 Å². The molecule has 7 nitrogen and oxygen atoms in total. The zero-order valence-corrected chi connectivity index (χ0v) is 18.3. The minimum Gasteiger partial charge on any atom is -0.379 e. The topological polar surface area (TPSA) is 87.0 Å². The molecular formula is C22H24BrN5O2. The number of nitriles is 1. The molecule has 0 atom stereocenters. The van der Waals surface area contributed by atoms with Crippen molar-refractivity contribution in [2.45, 2.75) is 13.1 Å². The monoisotopic (exact) mass is 469 g/mol. The lowest BCUT2D eigenvalue weighted by atomic mass is 10.1. The van der Waals surface area contributed by atoms with Crippen molar-refractivity contribution in [1.29, 1.82) is 10.7 Å². The minimum absolute atomic E-state index is 0. The van der Waals surface area contributed by atoms with Crippen LogP contribution in [0.15, 0.2) is 48.5 Å². The van der Waals surface area contributed by atoms with Crippen LogP contribution in [0.3, 0.4) is 0 Å². The van der Waals surface area contributed by atoms with Gasteiger partial charge in [0.25, 0.3) is 0 Å². The number of ether oxygens (including phenoxy) is 1. The van der Waals surface area contributed by atoms with Gasteiger partial charge in [-0.3, -0.25) is 15.1 Å². The maximum atomic E-state index is 12.8. The number of aromatic nitrogens is 2. The van der Waals surface area contributed by atoms with Gasteiger partial charge in [0.2, 0.25) is 5.62 Å². The minimum atomic E-state index is -0.0796. The van der Waals surface area contributed by atoms with Gasteiger partial charge in [0.05, 0.1) is 42.4 Å². The summed E-state index contributed by atoms with van der Waals surface area (Å²) in [5.74, 6) is -0.0796. The van der Waals surface area contributed by atoms with Crippen molar-refractivity contribution >= 4 is 33.8 Å². The first-order valence-electron chi connectivity index (χ1n) is 9.73. The van der Waals surface area contributed by atoms with Crippen LogP contribution in [0.4, 0.5) is 0 Å². The van der Waals surface area contributed by atoms with Crippen molar-refractivity contribution in [2.24, 2.45) is 0 Å². The fraction of sp³-hybridized carbons (Fsp3) is 0.318. The van der Waals surface area contributed by atoms with Gasteiger partial charge >= 0.3 is 0 Å². The molecule has 1 fully saturated rings. The van der Waals surface area contributed by atoms with Crippen LogP contribution in [-0.4, -0.2) is 52.7 Å². The first kappa shape index (κ1) is 22.0. The largest absolute Gasteiger partial charge is 0.379 e. The van der Waals surface area contributed by atoms with E-state index in [1.807, 2.05) is 28.8 Å². The van der Waals surface area contributed by atoms with E-state index in [4.69, 9.17) is 15.4 Å². The summed E-state index contributed by atoms with van der Waals surface area (Å²) in [7, 11) is 0. The number of hydrogen-bond donors (Lipinski definition) is 1. The standard InChI is InChI=1S/C22H23N5O2.BrH/c23-15-17-5-7-18(8-6-17)21(28)16-27-20-4-2-1-3-19(20)26(22(27)24)10-9-25-11-13-29-14-12-25;/h1-8,24H,9-14,16H2;1H. The van der Waals surface area contributed by atoms with Crippen LogP contribution in [0, 0.1) is 16.7 Å². The van der Waals surface area contributed by atoms with E-state index in [9.17, 15) is 4.79 Å². The van der Waals surface area contributed by atoms with Crippen molar-refractivity contribution in [3.8, 4) is 6.07 Å². The van der Waals surface area contributed by atoms with Gasteiger partial charge in [-0.2, -0.15) is 5.26 Å². The number of hydrogen-bond acceptors (Lipinski definition) is 5. The Morgan fingerprint density at radius 2 is 1.63 bits per heavy atom. The fourth-order valence-corrected chi connectivity index (χ4v) is 3.71. The Hall–Kier alpha value is -2.73. The summed E-state index contributed by atoms with van der Waals surface area (Å²) >= 11 is 0. The number of Topliss-reactive ketones (excluding diaryl/α,β-unsaturated/α-hetero) is 1. The molecule has 2 aromatic carbocycles. The lowest BCUT2D eigenvalue weighted by Gasteiger charge is -2.26. The summed E-state index contributed by atoms with van der Waals surface area (Å²) < 4.78 is 9.13. The number of nitrogens with zero attached hydrogens (tertiary/aromatic N) is 4. The molecule has 0 spiro atoms. The van der Waals surface area contributed by atoms with Crippen LogP contribution < -0.4 is 5.62 Å². The Kier molecular flexibility index (Phi) is 7.21. The second-order valence-electron chi connectivity index (χ2n) is 7.12. The zero-order chi connectivity index (χ0) is 20.2. The van der Waals surface area contributed by atoms with Crippen molar-refractivity contribution in [1.82, 2.24) is 14.0 Å². The van der Waals surface area contributed by atoms with Crippen molar-refractivity contribution < 1.29 is 9.53 Å². The Bertz CT molecular complexity index is 1120. The molecule has 1 aromatic heterocycles. The van der Waals surface area contributed by atoms with E-state index in [1.165, 1.54) is 0 Å². The fourth-order valence-electron chi connectivity index (χ4n) is 3.71. The number of fused-ring (bicyclic) bond motifs is 1. The molecule has 0 radical (unpaired) electrons. The van der Waals surface area contributed by atoms with Gasteiger partial charge in [0, 0.05) is 31.7 Å². The number of imidazole rings is 1. The normalized spacial score (nSPS) is 14.2. The highest BCUT2D eigenvalue weighted by atomic mass is 79.9. The summed E-state index contributed by atoms with van der Waals surface area (Å²) in [6.07, 6.45) is 0. The van der Waals surface area contributed by atoms with E-state index in [2.05, 4.69) is 11.0 Å². The lowest BCUT2D eigenvalue weighted by molar-refractivity contribution is 0.0363. The number of ketones is 1. The number of morpholine rings is 1. The maximum Gasteiger partial charge on any atom is 0.203 e. The second kappa shape index (κ2) is 9.85. The molecule has 1 N–H and O–H groups in total. The molecule has 2 heterocycles. The smallest absolute Gasteiger partial charge is 0.203 e. The Balaban J connectivity index is 0.00000256. The number of halogens is 1. The lowest BCUT2D eigenvalue weighted by Crippen LogP contribution is -2.39. The van der Waals surface area contributed by atoms with E-state index in [0.717, 1.165) is 43.9 Å². The molecular weight excluding hydrogens is 446 g/mol. The van der Waals surface area contributed by atoms with Gasteiger partial charge < -0.3 is 13.9 Å². The molecule has 156 valence electrons. The van der Waals surface area contributed by atoms with Gasteiger partial charge in [-0.15, -0.1) is 17.0 Å². The molecule has 3 aromatic rings. The molecule has 8 heteroatoms. The molecule has 0 unspecified atom stereocenters. The van der Waals surface area contributed by atoms with Crippen LogP contribution in [0.1, 0.15) is 15.9 Å². The molecule has 0 amide bonds. The summed E-state index contributed by atoms with van der Waals surface area (Å²) in [5.41, 5.74) is 3.22. The number of rotatable bonds is 6. The van der Waals surface area contributed by atoms with Crippen LogP contribution in [0.25, 0.3) is 11.0 Å². The number of para-hydroxylation sites is 2. The van der Waals surface area contributed by atoms with E-state index >= 15 is 0 Å². The average Bonchev–Trinajstić information content (AvgIpc) is 3.04.